The number of nitrogens with one attached hydrogen (secondary N) is 3. The first-order chi connectivity index (χ1) is 15.5. The minimum atomic E-state index is -0.952. The molecule has 0 saturated heterocycles. The molecule has 2 amide bonds. The Labute approximate surface area is 186 Å². The second kappa shape index (κ2) is 11.1. The predicted molar refractivity (Wildman–Crippen MR) is 120 cm³/mol. The van der Waals surface area contributed by atoms with Crippen LogP contribution < -0.4 is 10.6 Å². The van der Waals surface area contributed by atoms with E-state index in [0.717, 1.165) is 22.0 Å². The van der Waals surface area contributed by atoms with Crippen LogP contribution in [0.4, 0.5) is 0 Å². The molecule has 2 aromatic carbocycles. The van der Waals surface area contributed by atoms with Crippen molar-refractivity contribution in [1.29, 1.82) is 0 Å². The van der Waals surface area contributed by atoms with Crippen LogP contribution in [0.5, 0.6) is 0 Å². The number of hydrogen-bond donors (Lipinski definition) is 3. The maximum atomic E-state index is 12.9. The molecule has 3 N–H and O–H groups in total. The molecule has 8 heteroatoms. The lowest BCUT2D eigenvalue weighted by Crippen LogP contribution is -2.53. The molecule has 32 heavy (non-hydrogen) atoms. The van der Waals surface area contributed by atoms with Crippen LogP contribution in [0.25, 0.3) is 10.9 Å². The van der Waals surface area contributed by atoms with Gasteiger partial charge in [0.2, 0.25) is 11.8 Å². The van der Waals surface area contributed by atoms with Gasteiger partial charge in [-0.15, -0.1) is 0 Å². The van der Waals surface area contributed by atoms with Crippen molar-refractivity contribution >= 4 is 28.7 Å². The Kier molecular flexibility index (Phi) is 7.99. The first-order valence-electron chi connectivity index (χ1n) is 10.3. The fraction of sp³-hybridized carbons (Fsp3) is 0.292. The molecule has 1 aromatic heterocycles. The van der Waals surface area contributed by atoms with Gasteiger partial charge in [-0.05, 0) is 17.2 Å². The van der Waals surface area contributed by atoms with E-state index in [1.807, 2.05) is 54.6 Å². The van der Waals surface area contributed by atoms with Crippen molar-refractivity contribution in [1.82, 2.24) is 15.6 Å². The van der Waals surface area contributed by atoms with Gasteiger partial charge in [-0.2, -0.15) is 0 Å². The molecule has 0 aliphatic carbocycles. The average molecular weight is 437 g/mol. The zero-order valence-corrected chi connectivity index (χ0v) is 18.1. The highest BCUT2D eigenvalue weighted by Crippen LogP contribution is 2.19. The Balaban J connectivity index is 1.68. The van der Waals surface area contributed by atoms with Crippen LogP contribution in [0.2, 0.25) is 0 Å². The van der Waals surface area contributed by atoms with Crippen LogP contribution in [0.3, 0.4) is 0 Å². The molecule has 0 bridgehead atoms. The highest BCUT2D eigenvalue weighted by atomic mass is 16.5. The lowest BCUT2D eigenvalue weighted by Gasteiger charge is -2.22. The van der Waals surface area contributed by atoms with Gasteiger partial charge >= 0.3 is 5.97 Å². The molecular formula is C24H27N3O5. The topological polar surface area (TPSA) is 110 Å². The molecule has 1 heterocycles. The summed E-state index contributed by atoms with van der Waals surface area (Å²) in [6, 6.07) is 15.3. The van der Waals surface area contributed by atoms with Gasteiger partial charge in [-0.1, -0.05) is 48.5 Å². The molecular weight excluding hydrogens is 410 g/mol. The SMILES string of the molecule is COC(=O)[C@H](Cc1c[nH]c2ccccc12)NC(=O)[C@H](COCc1ccccc1)NC(C)=O. The summed E-state index contributed by atoms with van der Waals surface area (Å²) in [5, 5.41) is 6.24. The second-order valence-electron chi connectivity index (χ2n) is 7.40. The monoisotopic (exact) mass is 437 g/mol. The second-order valence-corrected chi connectivity index (χ2v) is 7.40. The molecule has 0 aliphatic rings. The number of aromatic amines is 1. The van der Waals surface area contributed by atoms with Crippen molar-refractivity contribution in [3.05, 3.63) is 71.9 Å². The van der Waals surface area contributed by atoms with E-state index < -0.39 is 24.0 Å². The van der Waals surface area contributed by atoms with Gasteiger partial charge in [-0.3, -0.25) is 9.59 Å². The zero-order chi connectivity index (χ0) is 22.9. The molecule has 8 nitrogen and oxygen atoms in total. The first kappa shape index (κ1) is 23.0. The van der Waals surface area contributed by atoms with Crippen LogP contribution in [-0.2, 0) is 36.9 Å². The number of ether oxygens (including phenoxy) is 2. The van der Waals surface area contributed by atoms with Crippen LogP contribution in [-0.4, -0.2) is 48.6 Å². The maximum Gasteiger partial charge on any atom is 0.328 e. The van der Waals surface area contributed by atoms with Crippen molar-refractivity contribution in [3.63, 3.8) is 0 Å². The number of benzene rings is 2. The molecule has 2 atom stereocenters. The minimum Gasteiger partial charge on any atom is -0.467 e. The van der Waals surface area contributed by atoms with Crippen LogP contribution >= 0.6 is 0 Å². The van der Waals surface area contributed by atoms with Crippen LogP contribution in [0, 0.1) is 0 Å². The summed E-state index contributed by atoms with van der Waals surface area (Å²) in [5.41, 5.74) is 2.75. The van der Waals surface area contributed by atoms with E-state index in [4.69, 9.17) is 9.47 Å². The van der Waals surface area contributed by atoms with Crippen molar-refractivity contribution in [2.24, 2.45) is 0 Å². The van der Waals surface area contributed by atoms with E-state index in [2.05, 4.69) is 15.6 Å². The first-order valence-corrected chi connectivity index (χ1v) is 10.3. The van der Waals surface area contributed by atoms with E-state index in [-0.39, 0.29) is 18.9 Å². The third kappa shape index (κ3) is 6.18. The highest BCUT2D eigenvalue weighted by molar-refractivity contribution is 5.91. The van der Waals surface area contributed by atoms with Gasteiger partial charge in [0, 0.05) is 30.4 Å². The number of amides is 2. The maximum absolute atomic E-state index is 12.9. The fourth-order valence-electron chi connectivity index (χ4n) is 3.43. The number of hydrogen-bond acceptors (Lipinski definition) is 5. The lowest BCUT2D eigenvalue weighted by atomic mass is 10.0. The van der Waals surface area contributed by atoms with Crippen LogP contribution in [0.1, 0.15) is 18.1 Å². The minimum absolute atomic E-state index is 0.0404. The Morgan fingerprint density at radius 3 is 2.41 bits per heavy atom. The van der Waals surface area contributed by atoms with E-state index in [0.29, 0.717) is 6.61 Å². The Morgan fingerprint density at radius 1 is 0.969 bits per heavy atom. The van der Waals surface area contributed by atoms with Gasteiger partial charge in [0.05, 0.1) is 20.3 Å². The zero-order valence-electron chi connectivity index (χ0n) is 18.1. The summed E-state index contributed by atoms with van der Waals surface area (Å²) in [4.78, 5) is 40.1. The summed E-state index contributed by atoms with van der Waals surface area (Å²) in [7, 11) is 1.27. The van der Waals surface area contributed by atoms with Gasteiger partial charge in [0.25, 0.3) is 0 Å². The smallest absolute Gasteiger partial charge is 0.328 e. The molecule has 0 saturated carbocycles. The van der Waals surface area contributed by atoms with Gasteiger partial charge in [-0.25, -0.2) is 4.79 Å². The molecule has 3 aromatic rings. The lowest BCUT2D eigenvalue weighted by molar-refractivity contribution is -0.145. The number of H-pyrrole nitrogens is 1. The van der Waals surface area contributed by atoms with Crippen molar-refractivity contribution in [2.75, 3.05) is 13.7 Å². The fourth-order valence-corrected chi connectivity index (χ4v) is 3.43. The van der Waals surface area contributed by atoms with E-state index in [1.165, 1.54) is 14.0 Å². The average Bonchev–Trinajstić information content (AvgIpc) is 3.20. The number of esters is 1. The number of para-hydroxylation sites is 1. The highest BCUT2D eigenvalue weighted by Gasteiger charge is 2.28. The molecule has 0 aliphatic heterocycles. The number of carbonyl (C=O) groups is 3. The van der Waals surface area contributed by atoms with Crippen molar-refractivity contribution < 1.29 is 23.9 Å². The third-order valence-corrected chi connectivity index (χ3v) is 4.99. The Hall–Kier alpha value is -3.65. The molecule has 3 rings (SSSR count). The third-order valence-electron chi connectivity index (χ3n) is 4.99. The predicted octanol–water partition coefficient (Wildman–Crippen LogP) is 2.09. The van der Waals surface area contributed by atoms with Crippen molar-refractivity contribution in [3.8, 4) is 0 Å². The van der Waals surface area contributed by atoms with Crippen molar-refractivity contribution in [2.45, 2.75) is 32.0 Å². The number of carbonyl (C=O) groups excluding carboxylic acids is 3. The normalized spacial score (nSPS) is 12.7. The molecule has 0 unspecified atom stereocenters. The van der Waals surface area contributed by atoms with E-state index in [1.54, 1.807) is 6.20 Å². The standard InChI is InChI=1S/C24H27N3O5/c1-16(28)26-22(15-32-14-17-8-4-3-5-9-17)23(29)27-21(24(30)31-2)12-18-13-25-20-11-7-6-10-19(18)20/h3-11,13,21-22,25H,12,14-15H2,1-2H3,(H,26,28)(H,27,29)/t21-,22-/m0/s1. The summed E-state index contributed by atoms with van der Waals surface area (Å²) in [6.07, 6.45) is 2.04. The molecule has 168 valence electrons. The largest absolute Gasteiger partial charge is 0.467 e. The Bertz CT molecular complexity index is 1060. The summed E-state index contributed by atoms with van der Waals surface area (Å²) in [5.74, 6) is -1.47. The number of aromatic nitrogens is 1. The number of methoxy groups -OCH3 is 1. The Morgan fingerprint density at radius 2 is 1.69 bits per heavy atom. The van der Waals surface area contributed by atoms with Gasteiger partial charge < -0.3 is 25.1 Å². The number of rotatable bonds is 10. The van der Waals surface area contributed by atoms with E-state index in [9.17, 15) is 14.4 Å². The molecule has 0 fully saturated rings. The summed E-state index contributed by atoms with van der Waals surface area (Å²) >= 11 is 0. The van der Waals surface area contributed by atoms with E-state index >= 15 is 0 Å². The van der Waals surface area contributed by atoms with Gasteiger partial charge in [0.1, 0.15) is 12.1 Å². The van der Waals surface area contributed by atoms with Crippen LogP contribution in [0.15, 0.2) is 60.8 Å². The summed E-state index contributed by atoms with van der Waals surface area (Å²) < 4.78 is 10.5. The quantitative estimate of drug-likeness (QED) is 0.421. The molecule has 0 spiro atoms. The van der Waals surface area contributed by atoms with Gasteiger partial charge in [0.15, 0.2) is 0 Å². The number of fused-ring (bicyclic) bond motifs is 1. The summed E-state index contributed by atoms with van der Waals surface area (Å²) in [6.45, 7) is 1.57. The molecule has 0 radical (unpaired) electrons.